The highest BCUT2D eigenvalue weighted by Gasteiger charge is 2.34. The highest BCUT2D eigenvalue weighted by molar-refractivity contribution is 6.33. The lowest BCUT2D eigenvalue weighted by atomic mass is 10.1. The number of fused-ring (bicyclic) bond motifs is 1. The van der Waals surface area contributed by atoms with Crippen molar-refractivity contribution in [3.8, 4) is 0 Å². The van der Waals surface area contributed by atoms with Crippen molar-refractivity contribution in [3.63, 3.8) is 0 Å². The van der Waals surface area contributed by atoms with Crippen LogP contribution < -0.4 is 0 Å². The maximum atomic E-state index is 9.85. The van der Waals surface area contributed by atoms with Gasteiger partial charge in [0.2, 0.25) is 0 Å². The lowest BCUT2D eigenvalue weighted by Gasteiger charge is -2.12. The van der Waals surface area contributed by atoms with E-state index in [1.165, 1.54) is 6.33 Å². The molecule has 0 aliphatic heterocycles. The predicted octanol–water partition coefficient (Wildman–Crippen LogP) is 1.39. The minimum atomic E-state index is -0.449. The van der Waals surface area contributed by atoms with E-state index in [0.717, 1.165) is 17.5 Å². The highest BCUT2D eigenvalue weighted by atomic mass is 35.5. The van der Waals surface area contributed by atoms with Crippen LogP contribution in [-0.4, -0.2) is 37.5 Å². The van der Waals surface area contributed by atoms with Gasteiger partial charge >= 0.3 is 0 Å². The molecule has 1 aliphatic rings. The summed E-state index contributed by atoms with van der Waals surface area (Å²) >= 11 is 6.01. The molecule has 3 rings (SSSR count). The summed E-state index contributed by atoms with van der Waals surface area (Å²) in [5.74, 6) is -0.0511. The summed E-state index contributed by atoms with van der Waals surface area (Å²) in [5, 5.41) is 20.3. The zero-order valence-electron chi connectivity index (χ0n) is 9.70. The van der Waals surface area contributed by atoms with E-state index >= 15 is 0 Å². The molecule has 96 valence electrons. The Balaban J connectivity index is 1.99. The van der Waals surface area contributed by atoms with Gasteiger partial charge in [0.05, 0.1) is 11.5 Å². The molecular weight excluding hydrogens is 254 g/mol. The second kappa shape index (κ2) is 4.50. The van der Waals surface area contributed by atoms with Crippen LogP contribution in [0.15, 0.2) is 18.6 Å². The average molecular weight is 268 g/mol. The van der Waals surface area contributed by atoms with Gasteiger partial charge in [-0.3, -0.25) is 0 Å². The third-order valence-corrected chi connectivity index (χ3v) is 4.02. The van der Waals surface area contributed by atoms with E-state index < -0.39 is 6.10 Å². The van der Waals surface area contributed by atoms with Crippen LogP contribution in [0.4, 0.5) is 0 Å². The van der Waals surface area contributed by atoms with E-state index in [1.807, 2.05) is 16.8 Å². The number of aromatic nitrogens is 3. The normalized spacial score (nSPS) is 28.1. The van der Waals surface area contributed by atoms with Crippen LogP contribution in [0.2, 0.25) is 5.15 Å². The van der Waals surface area contributed by atoms with Crippen molar-refractivity contribution in [2.75, 3.05) is 6.61 Å². The lowest BCUT2D eigenvalue weighted by molar-refractivity contribution is 0.0906. The fourth-order valence-corrected chi connectivity index (χ4v) is 2.92. The van der Waals surface area contributed by atoms with Gasteiger partial charge in [0, 0.05) is 24.8 Å². The summed E-state index contributed by atoms with van der Waals surface area (Å²) in [4.78, 5) is 8.19. The Morgan fingerprint density at radius 3 is 2.94 bits per heavy atom. The molecular formula is C12H14ClN3O2. The third kappa shape index (κ3) is 1.79. The van der Waals surface area contributed by atoms with Crippen molar-refractivity contribution in [3.05, 3.63) is 23.7 Å². The molecule has 2 aromatic heterocycles. The summed E-state index contributed by atoms with van der Waals surface area (Å²) < 4.78 is 2.02. The molecule has 2 heterocycles. The zero-order valence-corrected chi connectivity index (χ0v) is 10.5. The molecule has 2 aromatic rings. The van der Waals surface area contributed by atoms with E-state index in [1.54, 1.807) is 0 Å². The predicted molar refractivity (Wildman–Crippen MR) is 67.4 cm³/mol. The quantitative estimate of drug-likeness (QED) is 0.807. The number of hydrogen-bond donors (Lipinski definition) is 2. The van der Waals surface area contributed by atoms with Gasteiger partial charge < -0.3 is 14.8 Å². The van der Waals surface area contributed by atoms with Crippen molar-refractivity contribution >= 4 is 22.6 Å². The first-order valence-electron chi connectivity index (χ1n) is 5.96. The Morgan fingerprint density at radius 2 is 2.22 bits per heavy atom. The summed E-state index contributed by atoms with van der Waals surface area (Å²) in [6, 6.07) is 2.04. The zero-order chi connectivity index (χ0) is 12.7. The van der Waals surface area contributed by atoms with Crippen LogP contribution in [0, 0.1) is 5.92 Å². The first kappa shape index (κ1) is 11.9. The monoisotopic (exact) mass is 267 g/mol. The second-order valence-electron chi connectivity index (χ2n) is 4.76. The second-order valence-corrected chi connectivity index (χ2v) is 5.12. The number of rotatable bonds is 2. The number of hydrogen-bond acceptors (Lipinski definition) is 4. The van der Waals surface area contributed by atoms with Gasteiger partial charge in [-0.1, -0.05) is 11.6 Å². The van der Waals surface area contributed by atoms with Gasteiger partial charge in [-0.15, -0.1) is 0 Å². The Morgan fingerprint density at radius 1 is 1.39 bits per heavy atom. The molecule has 1 fully saturated rings. The van der Waals surface area contributed by atoms with Crippen molar-refractivity contribution in [1.82, 2.24) is 14.5 Å². The van der Waals surface area contributed by atoms with Crippen LogP contribution in [0.25, 0.3) is 11.0 Å². The Kier molecular flexibility index (Phi) is 2.97. The minimum absolute atomic E-state index is 0.0204. The molecule has 0 spiro atoms. The number of nitrogens with zero attached hydrogens (tertiary/aromatic N) is 3. The van der Waals surface area contributed by atoms with Crippen molar-refractivity contribution in [2.45, 2.75) is 25.0 Å². The molecule has 0 unspecified atom stereocenters. The summed E-state index contributed by atoms with van der Waals surface area (Å²) in [5.41, 5.74) is 0.783. The van der Waals surface area contributed by atoms with E-state index in [-0.39, 0.29) is 18.6 Å². The van der Waals surface area contributed by atoms with Gasteiger partial charge in [-0.25, -0.2) is 9.97 Å². The molecule has 5 nitrogen and oxygen atoms in total. The molecule has 18 heavy (non-hydrogen) atoms. The Labute approximate surface area is 109 Å². The van der Waals surface area contributed by atoms with Crippen LogP contribution >= 0.6 is 11.6 Å². The number of halogens is 1. The number of aliphatic hydroxyl groups excluding tert-OH is 2. The van der Waals surface area contributed by atoms with E-state index in [4.69, 9.17) is 11.6 Å². The van der Waals surface area contributed by atoms with E-state index in [0.29, 0.717) is 11.6 Å². The van der Waals surface area contributed by atoms with Crippen molar-refractivity contribution in [2.24, 2.45) is 5.92 Å². The SMILES string of the molecule is OC[C@H]1C[C@@H](n2ccc3c(Cl)ncnc32)C[C@@H]1O. The van der Waals surface area contributed by atoms with Gasteiger partial charge in [0.1, 0.15) is 17.1 Å². The highest BCUT2D eigenvalue weighted by Crippen LogP contribution is 2.36. The smallest absolute Gasteiger partial charge is 0.145 e. The van der Waals surface area contributed by atoms with Crippen LogP contribution in [-0.2, 0) is 0 Å². The standard InChI is InChI=1S/C12H14ClN3O2/c13-11-9-1-2-16(12(9)15-6-14-11)8-3-7(5-17)10(18)4-8/h1-2,6-8,10,17-18H,3-5H2/t7-,8-,10+/m1/s1. The molecule has 0 amide bonds. The topological polar surface area (TPSA) is 71.2 Å². The average Bonchev–Trinajstić information content (AvgIpc) is 2.93. The molecule has 0 radical (unpaired) electrons. The third-order valence-electron chi connectivity index (χ3n) is 3.72. The van der Waals surface area contributed by atoms with E-state index in [2.05, 4.69) is 9.97 Å². The maximum absolute atomic E-state index is 9.85. The molecule has 6 heteroatoms. The summed E-state index contributed by atoms with van der Waals surface area (Å²) in [7, 11) is 0. The molecule has 0 aromatic carbocycles. The molecule has 1 aliphatic carbocycles. The Bertz CT molecular complexity index is 571. The first-order valence-corrected chi connectivity index (χ1v) is 6.34. The molecule has 2 N–H and O–H groups in total. The Hall–Kier alpha value is -1.17. The molecule has 0 saturated heterocycles. The minimum Gasteiger partial charge on any atom is -0.396 e. The molecule has 1 saturated carbocycles. The van der Waals surface area contributed by atoms with Gasteiger partial charge in [-0.2, -0.15) is 0 Å². The van der Waals surface area contributed by atoms with Gasteiger partial charge in [0.25, 0.3) is 0 Å². The summed E-state index contributed by atoms with van der Waals surface area (Å²) in [6.07, 6.45) is 4.30. The van der Waals surface area contributed by atoms with Crippen LogP contribution in [0.5, 0.6) is 0 Å². The fourth-order valence-electron chi connectivity index (χ4n) is 2.73. The lowest BCUT2D eigenvalue weighted by Crippen LogP contribution is -2.16. The number of aliphatic hydroxyl groups is 2. The van der Waals surface area contributed by atoms with Gasteiger partial charge in [-0.05, 0) is 18.9 Å². The maximum Gasteiger partial charge on any atom is 0.145 e. The van der Waals surface area contributed by atoms with E-state index in [9.17, 15) is 10.2 Å². The van der Waals surface area contributed by atoms with Crippen LogP contribution in [0.3, 0.4) is 0 Å². The molecule has 0 bridgehead atoms. The summed E-state index contributed by atoms with van der Waals surface area (Å²) in [6.45, 7) is 0.0204. The largest absolute Gasteiger partial charge is 0.396 e. The first-order chi connectivity index (χ1) is 8.70. The molecule has 3 atom stereocenters. The van der Waals surface area contributed by atoms with Crippen LogP contribution in [0.1, 0.15) is 18.9 Å². The fraction of sp³-hybridized carbons (Fsp3) is 0.500. The van der Waals surface area contributed by atoms with Crippen molar-refractivity contribution in [1.29, 1.82) is 0 Å². The van der Waals surface area contributed by atoms with Gasteiger partial charge in [0.15, 0.2) is 0 Å². The van der Waals surface area contributed by atoms with Crippen molar-refractivity contribution < 1.29 is 10.2 Å².